The highest BCUT2D eigenvalue weighted by Gasteiger charge is 2.20. The van der Waals surface area contributed by atoms with Crippen LogP contribution in [0.4, 0.5) is 10.3 Å². The third-order valence-electron chi connectivity index (χ3n) is 2.01. The summed E-state index contributed by atoms with van der Waals surface area (Å²) in [4.78, 5) is 34.2. The van der Waals surface area contributed by atoms with Crippen LogP contribution < -0.4 is 0 Å². The van der Waals surface area contributed by atoms with Gasteiger partial charge in [-0.3, -0.25) is 4.79 Å². The van der Waals surface area contributed by atoms with Crippen molar-refractivity contribution in [2.24, 2.45) is 0 Å². The van der Waals surface area contributed by atoms with E-state index in [1.165, 1.54) is 12.4 Å². The maximum Gasteiger partial charge on any atom is 0.434 e. The number of carbonyl (C=O) groups is 2. The van der Waals surface area contributed by atoms with E-state index < -0.39 is 29.2 Å². The van der Waals surface area contributed by atoms with E-state index in [-0.39, 0.29) is 13.0 Å². The smallest absolute Gasteiger partial charge is 0.390 e. The van der Waals surface area contributed by atoms with Crippen LogP contribution in [0, 0.1) is 10.1 Å². The van der Waals surface area contributed by atoms with Gasteiger partial charge in [-0.15, -0.1) is 0 Å². The fraction of sp³-hybridized carbons (Fsp3) is 0.444. The third kappa shape index (κ3) is 3.74. The van der Waals surface area contributed by atoms with Gasteiger partial charge in [-0.1, -0.05) is 4.98 Å². The maximum atomic E-state index is 13.4. The second-order valence-corrected chi connectivity index (χ2v) is 3.35. The van der Waals surface area contributed by atoms with Crippen LogP contribution in [0.3, 0.4) is 0 Å². The number of nitrogens with zero attached hydrogens (tertiary/aromatic N) is 3. The van der Waals surface area contributed by atoms with E-state index in [4.69, 9.17) is 0 Å². The molecule has 0 aromatic carbocycles. The fourth-order valence-corrected chi connectivity index (χ4v) is 1.32. The van der Waals surface area contributed by atoms with Crippen LogP contribution in [0.1, 0.15) is 12.8 Å². The maximum absolute atomic E-state index is 13.4. The van der Waals surface area contributed by atoms with Gasteiger partial charge in [0.05, 0.1) is 6.42 Å². The van der Waals surface area contributed by atoms with Gasteiger partial charge >= 0.3 is 5.95 Å². The van der Waals surface area contributed by atoms with Gasteiger partial charge in [0.15, 0.2) is 0 Å². The molecular weight excluding hydrogens is 233 g/mol. The van der Waals surface area contributed by atoms with E-state index in [0.29, 0.717) is 6.29 Å². The van der Waals surface area contributed by atoms with Gasteiger partial charge in [0.25, 0.3) is 0 Å². The zero-order valence-corrected chi connectivity index (χ0v) is 8.78. The number of imidazole rings is 1. The number of aldehydes is 1. The Morgan fingerprint density at radius 1 is 1.71 bits per heavy atom. The van der Waals surface area contributed by atoms with Crippen molar-refractivity contribution in [2.75, 3.05) is 0 Å². The predicted molar refractivity (Wildman–Crippen MR) is 54.1 cm³/mol. The normalized spacial score (nSPS) is 12.1. The first-order valence-electron chi connectivity index (χ1n) is 4.79. The molecule has 0 saturated carbocycles. The standard InChI is InChI=1S/C9H10FN3O4/c10-7(5-8(15)1-4-14)6-12-3-2-11-9(12)13(16)17/h2-4,7H,1,5-6H2. The Bertz CT molecular complexity index is 432. The molecule has 17 heavy (non-hydrogen) atoms. The van der Waals surface area contributed by atoms with Gasteiger partial charge in [0.2, 0.25) is 0 Å². The van der Waals surface area contributed by atoms with E-state index >= 15 is 0 Å². The lowest BCUT2D eigenvalue weighted by atomic mass is 10.1. The molecule has 0 aliphatic heterocycles. The molecule has 1 unspecified atom stereocenters. The number of hydrogen-bond acceptors (Lipinski definition) is 5. The molecule has 7 nitrogen and oxygen atoms in total. The van der Waals surface area contributed by atoms with Crippen molar-refractivity contribution in [3.63, 3.8) is 0 Å². The molecular formula is C9H10FN3O4. The minimum absolute atomic E-state index is 0.332. The molecule has 0 aliphatic carbocycles. The summed E-state index contributed by atoms with van der Waals surface area (Å²) in [7, 11) is 0. The lowest BCUT2D eigenvalue weighted by Crippen LogP contribution is -2.17. The molecule has 0 N–H and O–H groups in total. The summed E-state index contributed by atoms with van der Waals surface area (Å²) in [5.74, 6) is -1.01. The SMILES string of the molecule is O=CCC(=O)CC(F)Cn1ccnc1[N+](=O)[O-]. The van der Waals surface area contributed by atoms with Gasteiger partial charge in [0.1, 0.15) is 37.2 Å². The number of rotatable bonds is 7. The Labute approximate surface area is 95.4 Å². The van der Waals surface area contributed by atoms with Gasteiger partial charge in [-0.25, -0.2) is 8.96 Å². The number of alkyl halides is 1. The van der Waals surface area contributed by atoms with Gasteiger partial charge < -0.3 is 14.9 Å². The molecule has 1 aromatic rings. The number of Topliss-reactive ketones (excluding diaryl/α,β-unsaturated/α-hetero) is 1. The highest BCUT2D eigenvalue weighted by molar-refractivity contribution is 5.89. The second-order valence-electron chi connectivity index (χ2n) is 3.35. The van der Waals surface area contributed by atoms with Crippen LogP contribution in [0.25, 0.3) is 0 Å². The quantitative estimate of drug-likeness (QED) is 0.303. The average molecular weight is 243 g/mol. The zero-order valence-electron chi connectivity index (χ0n) is 8.78. The molecule has 0 saturated heterocycles. The lowest BCUT2D eigenvalue weighted by Gasteiger charge is -2.05. The van der Waals surface area contributed by atoms with Crippen molar-refractivity contribution in [1.29, 1.82) is 0 Å². The Morgan fingerprint density at radius 3 is 3.00 bits per heavy atom. The first kappa shape index (κ1) is 12.9. The van der Waals surface area contributed by atoms with Gasteiger partial charge in [0, 0.05) is 6.42 Å². The number of aromatic nitrogens is 2. The second kappa shape index (κ2) is 5.83. The van der Waals surface area contributed by atoms with E-state index in [1.54, 1.807) is 0 Å². The van der Waals surface area contributed by atoms with Crippen molar-refractivity contribution < 1.29 is 18.9 Å². The first-order chi connectivity index (χ1) is 8.04. The molecule has 0 spiro atoms. The molecule has 1 atom stereocenters. The minimum Gasteiger partial charge on any atom is -0.390 e. The number of nitro groups is 1. The Kier molecular flexibility index (Phi) is 4.44. The Morgan fingerprint density at radius 2 is 2.41 bits per heavy atom. The first-order valence-corrected chi connectivity index (χ1v) is 4.79. The summed E-state index contributed by atoms with van der Waals surface area (Å²) in [5.41, 5.74) is 0. The molecule has 0 radical (unpaired) electrons. The van der Waals surface area contributed by atoms with Gasteiger partial charge in [-0.05, 0) is 4.92 Å². The number of ketones is 1. The Hall–Kier alpha value is -2.12. The monoisotopic (exact) mass is 243 g/mol. The van der Waals surface area contributed by atoms with Crippen LogP contribution in [0.5, 0.6) is 0 Å². The highest BCUT2D eigenvalue weighted by Crippen LogP contribution is 2.11. The number of hydrogen-bond donors (Lipinski definition) is 0. The minimum atomic E-state index is -1.57. The molecule has 8 heteroatoms. The topological polar surface area (TPSA) is 95.1 Å². The lowest BCUT2D eigenvalue weighted by molar-refractivity contribution is -0.396. The summed E-state index contributed by atoms with van der Waals surface area (Å²) in [5, 5.41) is 10.5. The van der Waals surface area contributed by atoms with E-state index in [2.05, 4.69) is 4.98 Å². The number of halogens is 1. The van der Waals surface area contributed by atoms with Gasteiger partial charge in [-0.2, -0.15) is 0 Å². The van der Waals surface area contributed by atoms with E-state index in [0.717, 1.165) is 4.57 Å². The molecule has 1 rings (SSSR count). The highest BCUT2D eigenvalue weighted by atomic mass is 19.1. The largest absolute Gasteiger partial charge is 0.434 e. The van der Waals surface area contributed by atoms with E-state index in [1.807, 2.05) is 0 Å². The molecule has 1 heterocycles. The summed E-state index contributed by atoms with van der Waals surface area (Å²) in [6.07, 6.45) is 0.484. The van der Waals surface area contributed by atoms with Crippen molar-refractivity contribution in [2.45, 2.75) is 25.6 Å². The van der Waals surface area contributed by atoms with Crippen LogP contribution >= 0.6 is 0 Å². The molecule has 1 aromatic heterocycles. The molecule has 0 fully saturated rings. The summed E-state index contributed by atoms with van der Waals surface area (Å²) in [6, 6.07) is 0. The van der Waals surface area contributed by atoms with E-state index in [9.17, 15) is 24.1 Å². The Balaban J connectivity index is 2.58. The summed E-state index contributed by atoms with van der Waals surface area (Å²) < 4.78 is 14.4. The molecule has 0 amide bonds. The average Bonchev–Trinajstić information content (AvgIpc) is 2.65. The van der Waals surface area contributed by atoms with Crippen molar-refractivity contribution in [3.05, 3.63) is 22.5 Å². The molecule has 0 bridgehead atoms. The van der Waals surface area contributed by atoms with Crippen LogP contribution in [-0.4, -0.2) is 32.7 Å². The summed E-state index contributed by atoms with van der Waals surface area (Å²) in [6.45, 7) is -0.332. The fourth-order valence-electron chi connectivity index (χ4n) is 1.32. The zero-order chi connectivity index (χ0) is 12.8. The van der Waals surface area contributed by atoms with Crippen LogP contribution in [-0.2, 0) is 16.1 Å². The summed E-state index contributed by atoms with van der Waals surface area (Å²) >= 11 is 0. The van der Waals surface area contributed by atoms with Crippen molar-refractivity contribution in [1.82, 2.24) is 9.55 Å². The van der Waals surface area contributed by atoms with Crippen molar-refractivity contribution >= 4 is 18.0 Å². The van der Waals surface area contributed by atoms with Crippen molar-refractivity contribution in [3.8, 4) is 0 Å². The number of carbonyl (C=O) groups excluding carboxylic acids is 2. The van der Waals surface area contributed by atoms with Crippen LogP contribution in [0.2, 0.25) is 0 Å². The predicted octanol–water partition coefficient (Wildman–Crippen LogP) is 0.678. The third-order valence-corrected chi connectivity index (χ3v) is 2.01. The van der Waals surface area contributed by atoms with Crippen LogP contribution in [0.15, 0.2) is 12.4 Å². The molecule has 92 valence electrons. The molecule has 0 aliphatic rings.